The summed E-state index contributed by atoms with van der Waals surface area (Å²) in [7, 11) is 1.88. The largest absolute Gasteiger partial charge is 0.370 e. The van der Waals surface area contributed by atoms with Gasteiger partial charge in [-0.2, -0.15) is 10.2 Å². The van der Waals surface area contributed by atoms with E-state index in [1.165, 1.54) is 17.1 Å². The number of nitrogens with one attached hydrogen (secondary N) is 1. The number of nitrogens with zero attached hydrogens (tertiary/aromatic N) is 7. The molecule has 1 fully saturated rings. The molecule has 1 unspecified atom stereocenters. The minimum Gasteiger partial charge on any atom is -0.370 e. The predicted molar refractivity (Wildman–Crippen MR) is 114 cm³/mol. The van der Waals surface area contributed by atoms with Crippen LogP contribution in [0.3, 0.4) is 0 Å². The van der Waals surface area contributed by atoms with Crippen LogP contribution in [-0.2, 0) is 18.3 Å². The van der Waals surface area contributed by atoms with Crippen LogP contribution in [-0.4, -0.2) is 68.1 Å². The van der Waals surface area contributed by atoms with Crippen molar-refractivity contribution in [1.82, 2.24) is 29.8 Å². The first kappa shape index (κ1) is 22.1. The maximum atomic E-state index is 10.7. The van der Waals surface area contributed by atoms with Gasteiger partial charge in [0.05, 0.1) is 37.4 Å². The Hall–Kier alpha value is -2.22. The summed E-state index contributed by atoms with van der Waals surface area (Å²) in [6, 6.07) is 0. The highest BCUT2D eigenvalue weighted by Crippen LogP contribution is 2.21. The highest BCUT2D eigenvalue weighted by Gasteiger charge is 2.25. The number of morpholine rings is 1. The first-order chi connectivity index (χ1) is 13.1. The van der Waals surface area contributed by atoms with Crippen LogP contribution in [0.5, 0.6) is 0 Å². The molecular weight excluding hydrogens is 479 g/mol. The van der Waals surface area contributed by atoms with E-state index in [9.17, 15) is 10.1 Å². The molecule has 0 aliphatic carbocycles. The van der Waals surface area contributed by atoms with Crippen LogP contribution in [0.1, 0.15) is 18.6 Å². The fourth-order valence-corrected chi connectivity index (χ4v) is 2.90. The smallest absolute Gasteiger partial charge is 0.306 e. The average molecular weight is 504 g/mol. The zero-order valence-electron chi connectivity index (χ0n) is 15.9. The Morgan fingerprint density at radius 2 is 2.25 bits per heavy atom. The SMILES string of the molecule is CCNC(=NCCn1cc([N+](=O)[O-])cn1)N1CCOC(c2cnn(C)c2)C1.I. The van der Waals surface area contributed by atoms with Gasteiger partial charge >= 0.3 is 5.69 Å². The number of hydrogen-bond donors (Lipinski definition) is 1. The lowest BCUT2D eigenvalue weighted by atomic mass is 10.1. The molecule has 1 aliphatic rings. The van der Waals surface area contributed by atoms with Gasteiger partial charge in [-0.15, -0.1) is 24.0 Å². The second-order valence-corrected chi connectivity index (χ2v) is 6.21. The molecule has 1 saturated heterocycles. The monoisotopic (exact) mass is 504 g/mol. The summed E-state index contributed by atoms with van der Waals surface area (Å²) in [6.45, 7) is 5.75. The molecule has 0 spiro atoms. The molecule has 12 heteroatoms. The van der Waals surface area contributed by atoms with Crippen LogP contribution in [0.15, 0.2) is 29.8 Å². The number of aromatic nitrogens is 4. The number of halogens is 1. The number of nitro groups is 1. The fourth-order valence-electron chi connectivity index (χ4n) is 2.90. The molecule has 0 saturated carbocycles. The Kier molecular flexibility index (Phi) is 8.17. The Bertz CT molecular complexity index is 805. The van der Waals surface area contributed by atoms with Crippen molar-refractivity contribution >= 4 is 35.6 Å². The summed E-state index contributed by atoms with van der Waals surface area (Å²) < 4.78 is 9.17. The molecular formula is C16H25IN8O3. The van der Waals surface area contributed by atoms with Gasteiger partial charge in [-0.1, -0.05) is 0 Å². The third-order valence-corrected chi connectivity index (χ3v) is 4.22. The second kappa shape index (κ2) is 10.4. The van der Waals surface area contributed by atoms with Crippen LogP contribution < -0.4 is 5.32 Å². The Morgan fingerprint density at radius 1 is 1.43 bits per heavy atom. The van der Waals surface area contributed by atoms with Crippen LogP contribution in [0.25, 0.3) is 0 Å². The van der Waals surface area contributed by atoms with E-state index in [2.05, 4.69) is 25.4 Å². The normalized spacial score (nSPS) is 17.3. The van der Waals surface area contributed by atoms with E-state index in [0.29, 0.717) is 26.2 Å². The standard InChI is InChI=1S/C16H24N8O3.HI/c1-3-17-16(18-4-5-23-11-14(9-20-23)24(25)26)22-6-7-27-15(12-22)13-8-19-21(2)10-13;/h8-11,15H,3-7,12H2,1-2H3,(H,17,18);1H. The van der Waals surface area contributed by atoms with E-state index in [1.807, 2.05) is 26.4 Å². The van der Waals surface area contributed by atoms with Crippen molar-refractivity contribution in [3.63, 3.8) is 0 Å². The summed E-state index contributed by atoms with van der Waals surface area (Å²) in [5.41, 5.74) is 1.03. The second-order valence-electron chi connectivity index (χ2n) is 6.21. The quantitative estimate of drug-likeness (QED) is 0.207. The van der Waals surface area contributed by atoms with Crippen molar-refractivity contribution in [3.8, 4) is 0 Å². The van der Waals surface area contributed by atoms with E-state index in [1.54, 1.807) is 4.68 Å². The topological polar surface area (TPSA) is 116 Å². The van der Waals surface area contributed by atoms with Gasteiger partial charge in [0, 0.05) is 31.9 Å². The van der Waals surface area contributed by atoms with Crippen molar-refractivity contribution in [3.05, 3.63) is 40.5 Å². The molecule has 3 rings (SSSR count). The van der Waals surface area contributed by atoms with Crippen molar-refractivity contribution in [1.29, 1.82) is 0 Å². The first-order valence-electron chi connectivity index (χ1n) is 8.87. The Labute approximate surface area is 179 Å². The molecule has 2 aromatic rings. The zero-order valence-corrected chi connectivity index (χ0v) is 18.2. The maximum absolute atomic E-state index is 10.7. The number of aryl methyl sites for hydroxylation is 1. The van der Waals surface area contributed by atoms with Gasteiger partial charge < -0.3 is 15.0 Å². The first-order valence-corrected chi connectivity index (χ1v) is 8.87. The fraction of sp³-hybridized carbons (Fsp3) is 0.562. The Morgan fingerprint density at radius 3 is 2.89 bits per heavy atom. The lowest BCUT2D eigenvalue weighted by Gasteiger charge is -2.34. The maximum Gasteiger partial charge on any atom is 0.306 e. The zero-order chi connectivity index (χ0) is 19.2. The summed E-state index contributed by atoms with van der Waals surface area (Å²) in [6.07, 6.45) is 6.39. The molecule has 3 heterocycles. The molecule has 28 heavy (non-hydrogen) atoms. The van der Waals surface area contributed by atoms with E-state index in [4.69, 9.17) is 4.74 Å². The summed E-state index contributed by atoms with van der Waals surface area (Å²) in [5.74, 6) is 0.802. The van der Waals surface area contributed by atoms with E-state index in [0.717, 1.165) is 24.6 Å². The lowest BCUT2D eigenvalue weighted by molar-refractivity contribution is -0.385. The van der Waals surface area contributed by atoms with Gasteiger partial charge in [-0.25, -0.2) is 0 Å². The lowest BCUT2D eigenvalue weighted by Crippen LogP contribution is -2.48. The third-order valence-electron chi connectivity index (χ3n) is 4.22. The highest BCUT2D eigenvalue weighted by atomic mass is 127. The molecule has 154 valence electrons. The third kappa shape index (κ3) is 5.64. The minimum atomic E-state index is -0.455. The molecule has 0 amide bonds. The van der Waals surface area contributed by atoms with Crippen LogP contribution in [0, 0.1) is 10.1 Å². The molecule has 0 bridgehead atoms. The summed E-state index contributed by atoms with van der Waals surface area (Å²) in [5, 5.41) is 22.2. The Balaban J connectivity index is 0.00000280. The van der Waals surface area contributed by atoms with E-state index in [-0.39, 0.29) is 35.8 Å². The van der Waals surface area contributed by atoms with Crippen LogP contribution >= 0.6 is 24.0 Å². The van der Waals surface area contributed by atoms with Crippen molar-refractivity contribution in [2.45, 2.75) is 19.6 Å². The average Bonchev–Trinajstić information content (AvgIpc) is 3.30. The van der Waals surface area contributed by atoms with Gasteiger partial charge in [0.2, 0.25) is 0 Å². The van der Waals surface area contributed by atoms with Gasteiger partial charge in [-0.05, 0) is 6.92 Å². The van der Waals surface area contributed by atoms with Gasteiger partial charge in [-0.3, -0.25) is 24.5 Å². The molecule has 1 atom stereocenters. The highest BCUT2D eigenvalue weighted by molar-refractivity contribution is 14.0. The summed E-state index contributed by atoms with van der Waals surface area (Å²) in [4.78, 5) is 17.1. The van der Waals surface area contributed by atoms with E-state index < -0.39 is 4.92 Å². The van der Waals surface area contributed by atoms with Gasteiger partial charge in [0.1, 0.15) is 18.5 Å². The van der Waals surface area contributed by atoms with Gasteiger partial charge in [0.25, 0.3) is 0 Å². The van der Waals surface area contributed by atoms with Crippen molar-refractivity contribution < 1.29 is 9.66 Å². The summed E-state index contributed by atoms with van der Waals surface area (Å²) >= 11 is 0. The molecule has 0 radical (unpaired) electrons. The molecule has 11 nitrogen and oxygen atoms in total. The van der Waals surface area contributed by atoms with E-state index >= 15 is 0 Å². The number of ether oxygens (including phenoxy) is 1. The minimum absolute atomic E-state index is 0. The number of guanidine groups is 1. The van der Waals surface area contributed by atoms with Gasteiger partial charge in [0.15, 0.2) is 5.96 Å². The molecule has 0 aromatic carbocycles. The van der Waals surface area contributed by atoms with Crippen molar-refractivity contribution in [2.24, 2.45) is 12.0 Å². The van der Waals surface area contributed by atoms with Crippen molar-refractivity contribution in [2.75, 3.05) is 32.8 Å². The molecule has 2 aromatic heterocycles. The number of hydrogen-bond acceptors (Lipinski definition) is 6. The van der Waals surface area contributed by atoms with Crippen LogP contribution in [0.2, 0.25) is 0 Å². The molecule has 1 N–H and O–H groups in total. The number of rotatable bonds is 6. The molecule has 1 aliphatic heterocycles. The predicted octanol–water partition coefficient (Wildman–Crippen LogP) is 1.18. The van der Waals surface area contributed by atoms with Crippen LogP contribution in [0.4, 0.5) is 5.69 Å². The number of aliphatic imine (C=N–C) groups is 1.